The average Bonchev–Trinajstić information content (AvgIpc) is 3.57. The summed E-state index contributed by atoms with van der Waals surface area (Å²) >= 11 is 0. The molecule has 0 bridgehead atoms. The summed E-state index contributed by atoms with van der Waals surface area (Å²) in [5.74, 6) is 7.13. The standard InChI is InChI=1S/C28H36N6O4/c1-4-25(35)33-14-10-21(19-33)34-28(30-11-15-32-12-6-5-7-13-32)26(27(29)36)24(31-34)9-8-20-16-22(37-2)18-23(17-20)38-3/h4,16-18,21,30H,1,5-7,10-15,19H2,2-3H3,(H2,29,36)/t21-/m0/s1. The Morgan fingerprint density at radius 3 is 2.47 bits per heavy atom. The number of carbonyl (C=O) groups excluding carboxylic acids is 2. The molecular formula is C28H36N6O4. The van der Waals surface area contributed by atoms with Gasteiger partial charge < -0.3 is 30.3 Å². The van der Waals surface area contributed by atoms with Crippen molar-refractivity contribution in [2.24, 2.45) is 5.73 Å². The predicted molar refractivity (Wildman–Crippen MR) is 145 cm³/mol. The van der Waals surface area contributed by atoms with E-state index < -0.39 is 5.91 Å². The summed E-state index contributed by atoms with van der Waals surface area (Å²) in [7, 11) is 3.14. The number of amides is 2. The van der Waals surface area contributed by atoms with E-state index in [1.54, 1.807) is 42.0 Å². The van der Waals surface area contributed by atoms with Crippen LogP contribution in [-0.4, -0.2) is 84.9 Å². The molecule has 3 heterocycles. The third-order valence-corrected chi connectivity index (χ3v) is 7.00. The van der Waals surface area contributed by atoms with Crippen LogP contribution in [0.4, 0.5) is 5.82 Å². The average molecular weight is 521 g/mol. The highest BCUT2D eigenvalue weighted by Crippen LogP contribution is 2.29. The van der Waals surface area contributed by atoms with Crippen molar-refractivity contribution in [1.29, 1.82) is 0 Å². The van der Waals surface area contributed by atoms with Crippen LogP contribution in [0.25, 0.3) is 0 Å². The van der Waals surface area contributed by atoms with Crippen LogP contribution in [0.15, 0.2) is 30.9 Å². The summed E-state index contributed by atoms with van der Waals surface area (Å²) in [5.41, 5.74) is 7.05. The number of methoxy groups -OCH3 is 2. The van der Waals surface area contributed by atoms with E-state index in [0.29, 0.717) is 48.9 Å². The second-order valence-electron chi connectivity index (χ2n) is 9.49. The second kappa shape index (κ2) is 12.5. The number of rotatable bonds is 9. The van der Waals surface area contributed by atoms with Crippen LogP contribution in [-0.2, 0) is 4.79 Å². The number of hydrogen-bond acceptors (Lipinski definition) is 7. The molecule has 2 amide bonds. The number of anilines is 1. The predicted octanol–water partition coefficient (Wildman–Crippen LogP) is 2.26. The van der Waals surface area contributed by atoms with E-state index in [2.05, 4.69) is 28.6 Å². The van der Waals surface area contributed by atoms with Crippen LogP contribution in [0.2, 0.25) is 0 Å². The van der Waals surface area contributed by atoms with Crippen LogP contribution in [0, 0.1) is 11.8 Å². The monoisotopic (exact) mass is 520 g/mol. The summed E-state index contributed by atoms with van der Waals surface area (Å²) in [6.07, 6.45) is 5.69. The second-order valence-corrected chi connectivity index (χ2v) is 9.49. The summed E-state index contributed by atoms with van der Waals surface area (Å²) in [6.45, 7) is 8.27. The molecule has 2 aliphatic rings. The molecule has 4 rings (SSSR count). The molecule has 0 aliphatic carbocycles. The molecule has 2 aromatic rings. The maximum atomic E-state index is 12.7. The van der Waals surface area contributed by atoms with Gasteiger partial charge in [-0.15, -0.1) is 0 Å². The van der Waals surface area contributed by atoms with Gasteiger partial charge in [0.1, 0.15) is 22.9 Å². The molecule has 202 valence electrons. The number of benzene rings is 1. The number of nitrogens with one attached hydrogen (secondary N) is 1. The molecule has 0 spiro atoms. The van der Waals surface area contributed by atoms with Gasteiger partial charge in [0.25, 0.3) is 5.91 Å². The van der Waals surface area contributed by atoms with Gasteiger partial charge in [-0.1, -0.05) is 18.9 Å². The molecule has 38 heavy (non-hydrogen) atoms. The van der Waals surface area contributed by atoms with Crippen molar-refractivity contribution in [3.63, 3.8) is 0 Å². The zero-order valence-electron chi connectivity index (χ0n) is 22.2. The van der Waals surface area contributed by atoms with Crippen LogP contribution in [0.1, 0.15) is 53.3 Å². The topological polar surface area (TPSA) is 115 Å². The van der Waals surface area contributed by atoms with E-state index in [-0.39, 0.29) is 23.2 Å². The first kappa shape index (κ1) is 27.1. The molecular weight excluding hydrogens is 484 g/mol. The summed E-state index contributed by atoms with van der Waals surface area (Å²) in [4.78, 5) is 29.1. The SMILES string of the molecule is C=CC(=O)N1CC[C@H](n2nc(C#Cc3cc(OC)cc(OC)c3)c(C(N)=O)c2NCCN2CCCCC2)C1. The number of nitrogens with two attached hydrogens (primary N) is 1. The molecule has 2 aliphatic heterocycles. The molecule has 3 N–H and O–H groups in total. The Balaban J connectivity index is 1.67. The van der Waals surface area contributed by atoms with Crippen molar-refractivity contribution >= 4 is 17.6 Å². The largest absolute Gasteiger partial charge is 0.497 e. The maximum absolute atomic E-state index is 12.7. The fourth-order valence-electron chi connectivity index (χ4n) is 4.99. The van der Waals surface area contributed by atoms with E-state index in [1.165, 1.54) is 25.3 Å². The first-order chi connectivity index (χ1) is 18.4. The van der Waals surface area contributed by atoms with Crippen molar-refractivity contribution in [1.82, 2.24) is 19.6 Å². The fourth-order valence-corrected chi connectivity index (χ4v) is 4.99. The van der Waals surface area contributed by atoms with E-state index in [4.69, 9.17) is 20.3 Å². The van der Waals surface area contributed by atoms with E-state index in [9.17, 15) is 9.59 Å². The Labute approximate surface area is 223 Å². The molecule has 0 unspecified atom stereocenters. The van der Waals surface area contributed by atoms with Gasteiger partial charge >= 0.3 is 0 Å². The van der Waals surface area contributed by atoms with Crippen LogP contribution < -0.4 is 20.5 Å². The number of nitrogens with zero attached hydrogens (tertiary/aromatic N) is 4. The smallest absolute Gasteiger partial charge is 0.255 e. The Bertz CT molecular complexity index is 1220. The Kier molecular flexibility index (Phi) is 8.92. The van der Waals surface area contributed by atoms with Gasteiger partial charge in [-0.2, -0.15) is 5.10 Å². The van der Waals surface area contributed by atoms with Gasteiger partial charge in [-0.05, 0) is 56.5 Å². The molecule has 10 heteroatoms. The number of primary amides is 1. The van der Waals surface area contributed by atoms with Gasteiger partial charge in [0.2, 0.25) is 5.91 Å². The summed E-state index contributed by atoms with van der Waals surface area (Å²) in [5, 5.41) is 8.17. The number of likely N-dealkylation sites (tertiary alicyclic amines) is 2. The third kappa shape index (κ3) is 6.29. The zero-order valence-corrected chi connectivity index (χ0v) is 22.2. The van der Waals surface area contributed by atoms with E-state index in [0.717, 1.165) is 19.6 Å². The fraction of sp³-hybridized carbons (Fsp3) is 0.464. The lowest BCUT2D eigenvalue weighted by Gasteiger charge is -2.26. The van der Waals surface area contributed by atoms with Gasteiger partial charge in [0, 0.05) is 37.8 Å². The van der Waals surface area contributed by atoms with Gasteiger partial charge in [0.15, 0.2) is 5.69 Å². The van der Waals surface area contributed by atoms with Crippen molar-refractivity contribution in [2.75, 3.05) is 58.8 Å². The lowest BCUT2D eigenvalue weighted by atomic mass is 10.1. The highest BCUT2D eigenvalue weighted by molar-refractivity contribution is 6.00. The number of carbonyl (C=O) groups is 2. The summed E-state index contributed by atoms with van der Waals surface area (Å²) < 4.78 is 12.5. The molecule has 10 nitrogen and oxygen atoms in total. The van der Waals surface area contributed by atoms with Crippen LogP contribution >= 0.6 is 0 Å². The van der Waals surface area contributed by atoms with Crippen molar-refractivity contribution < 1.29 is 19.1 Å². The first-order valence-corrected chi connectivity index (χ1v) is 13.0. The van der Waals surface area contributed by atoms with Gasteiger partial charge in [0.05, 0.1) is 20.3 Å². The quantitative estimate of drug-likeness (QED) is 0.385. The zero-order chi connectivity index (χ0) is 27.1. The number of piperidine rings is 1. The van der Waals surface area contributed by atoms with Crippen molar-refractivity contribution in [2.45, 2.75) is 31.7 Å². The first-order valence-electron chi connectivity index (χ1n) is 13.0. The van der Waals surface area contributed by atoms with Crippen molar-refractivity contribution in [3.05, 3.63) is 47.7 Å². The lowest BCUT2D eigenvalue weighted by Crippen LogP contribution is -2.34. The number of aromatic nitrogens is 2. The Morgan fingerprint density at radius 2 is 1.84 bits per heavy atom. The minimum Gasteiger partial charge on any atom is -0.497 e. The van der Waals surface area contributed by atoms with E-state index in [1.807, 2.05) is 0 Å². The maximum Gasteiger partial charge on any atom is 0.255 e. The Morgan fingerprint density at radius 1 is 1.13 bits per heavy atom. The Hall–Kier alpha value is -3.97. The minimum absolute atomic E-state index is 0.123. The number of ether oxygens (including phenoxy) is 2. The van der Waals surface area contributed by atoms with Crippen LogP contribution in [0.3, 0.4) is 0 Å². The molecule has 1 atom stereocenters. The molecule has 0 radical (unpaired) electrons. The van der Waals surface area contributed by atoms with Crippen molar-refractivity contribution in [3.8, 4) is 23.3 Å². The van der Waals surface area contributed by atoms with Crippen LogP contribution in [0.5, 0.6) is 11.5 Å². The highest BCUT2D eigenvalue weighted by Gasteiger charge is 2.31. The molecule has 0 saturated carbocycles. The lowest BCUT2D eigenvalue weighted by molar-refractivity contribution is -0.125. The molecule has 2 saturated heterocycles. The third-order valence-electron chi connectivity index (χ3n) is 7.00. The highest BCUT2D eigenvalue weighted by atomic mass is 16.5. The summed E-state index contributed by atoms with van der Waals surface area (Å²) in [6, 6.07) is 5.20. The normalized spacial score (nSPS) is 17.4. The molecule has 1 aromatic carbocycles. The minimum atomic E-state index is -0.610. The molecule has 2 fully saturated rings. The van der Waals surface area contributed by atoms with E-state index >= 15 is 0 Å². The van der Waals surface area contributed by atoms with Gasteiger partial charge in [-0.25, -0.2) is 4.68 Å². The molecule has 1 aromatic heterocycles. The van der Waals surface area contributed by atoms with Gasteiger partial charge in [-0.3, -0.25) is 9.59 Å². The number of hydrogen-bond donors (Lipinski definition) is 2.